The largest absolute Gasteiger partial charge is 0.507 e. The molecule has 2 heterocycles. The summed E-state index contributed by atoms with van der Waals surface area (Å²) in [5.41, 5.74) is 0.762. The SMILES string of the molecule is CCOc1ccccc1Oc1coc2c(CN3CCCC[C@H]3C)c(O)ccc2c1=O. The smallest absolute Gasteiger partial charge is 0.235 e. The zero-order valence-corrected chi connectivity index (χ0v) is 17.4. The Balaban J connectivity index is 1.70. The number of nitrogens with zero attached hydrogens (tertiary/aromatic N) is 1. The number of fused-ring (bicyclic) bond motifs is 1. The quantitative estimate of drug-likeness (QED) is 0.613. The minimum atomic E-state index is -0.282. The van der Waals surface area contributed by atoms with Gasteiger partial charge in [0.1, 0.15) is 17.6 Å². The van der Waals surface area contributed by atoms with Crippen molar-refractivity contribution in [2.75, 3.05) is 13.2 Å². The van der Waals surface area contributed by atoms with Gasteiger partial charge in [-0.1, -0.05) is 18.6 Å². The van der Waals surface area contributed by atoms with Crippen LogP contribution in [0.25, 0.3) is 11.0 Å². The molecule has 0 aliphatic carbocycles. The zero-order valence-electron chi connectivity index (χ0n) is 17.4. The summed E-state index contributed by atoms with van der Waals surface area (Å²) < 4.78 is 17.2. The third kappa shape index (κ3) is 4.00. The highest BCUT2D eigenvalue weighted by molar-refractivity contribution is 5.83. The summed E-state index contributed by atoms with van der Waals surface area (Å²) in [7, 11) is 0. The van der Waals surface area contributed by atoms with Crippen LogP contribution in [0.3, 0.4) is 0 Å². The van der Waals surface area contributed by atoms with Crippen LogP contribution in [0, 0.1) is 0 Å². The number of hydrogen-bond donors (Lipinski definition) is 1. The lowest BCUT2D eigenvalue weighted by atomic mass is 10.0. The van der Waals surface area contributed by atoms with Crippen LogP contribution in [-0.2, 0) is 6.54 Å². The first-order valence-electron chi connectivity index (χ1n) is 10.5. The molecule has 1 aliphatic rings. The normalized spacial score (nSPS) is 17.2. The Morgan fingerprint density at radius 3 is 2.70 bits per heavy atom. The fourth-order valence-corrected chi connectivity index (χ4v) is 3.98. The first-order valence-corrected chi connectivity index (χ1v) is 10.5. The molecule has 30 heavy (non-hydrogen) atoms. The van der Waals surface area contributed by atoms with Crippen LogP contribution < -0.4 is 14.9 Å². The summed E-state index contributed by atoms with van der Waals surface area (Å²) in [6.45, 7) is 6.08. The van der Waals surface area contributed by atoms with Crippen LogP contribution in [0.1, 0.15) is 38.7 Å². The molecule has 4 rings (SSSR count). The van der Waals surface area contributed by atoms with E-state index in [1.165, 1.54) is 12.7 Å². The highest BCUT2D eigenvalue weighted by Crippen LogP contribution is 2.33. The molecule has 0 radical (unpaired) electrons. The lowest BCUT2D eigenvalue weighted by molar-refractivity contribution is 0.151. The van der Waals surface area contributed by atoms with E-state index in [0.29, 0.717) is 47.2 Å². The van der Waals surface area contributed by atoms with Gasteiger partial charge in [-0.25, -0.2) is 0 Å². The van der Waals surface area contributed by atoms with Crippen molar-refractivity contribution in [1.29, 1.82) is 0 Å². The molecule has 0 bridgehead atoms. The standard InChI is InChI=1S/C24H27NO5/c1-3-28-20-9-4-5-10-21(20)30-22-15-29-24-17(23(22)27)11-12-19(26)18(24)14-25-13-7-6-8-16(25)2/h4-5,9-12,15-16,26H,3,6-8,13-14H2,1-2H3/t16-/m1/s1. The molecule has 1 aliphatic heterocycles. The first kappa shape index (κ1) is 20.3. The van der Waals surface area contributed by atoms with Crippen LogP contribution in [0.4, 0.5) is 0 Å². The molecule has 6 nitrogen and oxygen atoms in total. The molecule has 0 amide bonds. The van der Waals surface area contributed by atoms with E-state index >= 15 is 0 Å². The predicted octanol–water partition coefficient (Wildman–Crippen LogP) is 5.06. The van der Waals surface area contributed by atoms with Crippen molar-refractivity contribution in [1.82, 2.24) is 4.90 Å². The summed E-state index contributed by atoms with van der Waals surface area (Å²) in [5.74, 6) is 1.23. The topological polar surface area (TPSA) is 72.1 Å². The summed E-state index contributed by atoms with van der Waals surface area (Å²) in [5, 5.41) is 10.9. The predicted molar refractivity (Wildman–Crippen MR) is 116 cm³/mol. The molecule has 6 heteroatoms. The van der Waals surface area contributed by atoms with E-state index in [2.05, 4.69) is 11.8 Å². The minimum Gasteiger partial charge on any atom is -0.507 e. The summed E-state index contributed by atoms with van der Waals surface area (Å²) >= 11 is 0. The van der Waals surface area contributed by atoms with Gasteiger partial charge in [0.25, 0.3) is 0 Å². The molecule has 0 saturated carbocycles. The van der Waals surface area contributed by atoms with Gasteiger partial charge in [0.05, 0.1) is 17.6 Å². The maximum Gasteiger partial charge on any atom is 0.235 e. The average Bonchev–Trinajstić information content (AvgIpc) is 2.75. The number of piperidine rings is 1. The average molecular weight is 409 g/mol. The maximum atomic E-state index is 13.1. The van der Waals surface area contributed by atoms with Gasteiger partial charge in [0, 0.05) is 12.6 Å². The molecule has 2 aromatic carbocycles. The third-order valence-electron chi connectivity index (χ3n) is 5.66. The first-order chi connectivity index (χ1) is 14.6. The van der Waals surface area contributed by atoms with Gasteiger partial charge in [-0.15, -0.1) is 0 Å². The van der Waals surface area contributed by atoms with E-state index in [1.54, 1.807) is 24.3 Å². The van der Waals surface area contributed by atoms with Crippen molar-refractivity contribution in [2.45, 2.75) is 45.7 Å². The van der Waals surface area contributed by atoms with E-state index in [9.17, 15) is 9.90 Å². The molecular weight excluding hydrogens is 382 g/mol. The zero-order chi connectivity index (χ0) is 21.1. The van der Waals surface area contributed by atoms with Crippen LogP contribution in [-0.4, -0.2) is 29.2 Å². The lowest BCUT2D eigenvalue weighted by Crippen LogP contribution is -2.36. The second kappa shape index (κ2) is 8.79. The number of aromatic hydroxyl groups is 1. The maximum absolute atomic E-state index is 13.1. The lowest BCUT2D eigenvalue weighted by Gasteiger charge is -2.33. The molecule has 1 fully saturated rings. The third-order valence-corrected chi connectivity index (χ3v) is 5.66. The van der Waals surface area contributed by atoms with E-state index in [1.807, 2.05) is 19.1 Å². The molecule has 0 unspecified atom stereocenters. The van der Waals surface area contributed by atoms with E-state index < -0.39 is 0 Å². The minimum absolute atomic E-state index is 0.0811. The van der Waals surface area contributed by atoms with Gasteiger partial charge in [0.15, 0.2) is 11.5 Å². The number of likely N-dealkylation sites (tertiary alicyclic amines) is 1. The molecular formula is C24H27NO5. The number of benzene rings is 2. The van der Waals surface area contributed by atoms with Crippen molar-refractivity contribution >= 4 is 11.0 Å². The molecule has 1 N–H and O–H groups in total. The Kier molecular flexibility index (Phi) is 5.95. The number of rotatable bonds is 6. The van der Waals surface area contributed by atoms with Crippen LogP contribution in [0.2, 0.25) is 0 Å². The van der Waals surface area contributed by atoms with Crippen molar-refractivity contribution in [3.63, 3.8) is 0 Å². The van der Waals surface area contributed by atoms with Crippen LogP contribution in [0.15, 0.2) is 51.9 Å². The molecule has 0 spiro atoms. The van der Waals surface area contributed by atoms with Crippen LogP contribution >= 0.6 is 0 Å². The van der Waals surface area contributed by atoms with Crippen molar-refractivity contribution < 1.29 is 19.0 Å². The molecule has 3 aromatic rings. The fraction of sp³-hybridized carbons (Fsp3) is 0.375. The molecule has 158 valence electrons. The van der Waals surface area contributed by atoms with Gasteiger partial charge in [-0.3, -0.25) is 9.69 Å². The Morgan fingerprint density at radius 1 is 1.13 bits per heavy atom. The van der Waals surface area contributed by atoms with Crippen LogP contribution in [0.5, 0.6) is 23.0 Å². The second-order valence-electron chi connectivity index (χ2n) is 7.67. The Hall–Kier alpha value is -2.99. The number of phenolic OH excluding ortho intramolecular Hbond substituents is 1. The number of para-hydroxylation sites is 2. The van der Waals surface area contributed by atoms with Gasteiger partial charge in [-0.2, -0.15) is 0 Å². The monoisotopic (exact) mass is 409 g/mol. The van der Waals surface area contributed by atoms with Gasteiger partial charge in [-0.05, 0) is 57.5 Å². The summed E-state index contributed by atoms with van der Waals surface area (Å²) in [6, 6.07) is 10.8. The van der Waals surface area contributed by atoms with Crippen molar-refractivity contribution in [2.24, 2.45) is 0 Å². The van der Waals surface area contributed by atoms with Gasteiger partial charge < -0.3 is 19.0 Å². The highest BCUT2D eigenvalue weighted by atomic mass is 16.5. The molecule has 1 aromatic heterocycles. The number of ether oxygens (including phenoxy) is 2. The number of phenols is 1. The summed E-state index contributed by atoms with van der Waals surface area (Å²) in [6.07, 6.45) is 4.80. The number of hydrogen-bond acceptors (Lipinski definition) is 6. The Morgan fingerprint density at radius 2 is 1.93 bits per heavy atom. The van der Waals surface area contributed by atoms with Crippen molar-refractivity contribution in [3.05, 3.63) is 58.4 Å². The Bertz CT molecular complexity index is 1090. The summed E-state index contributed by atoms with van der Waals surface area (Å²) in [4.78, 5) is 15.4. The van der Waals surface area contributed by atoms with E-state index in [-0.39, 0.29) is 16.9 Å². The fourth-order valence-electron chi connectivity index (χ4n) is 3.98. The van der Waals surface area contributed by atoms with E-state index in [0.717, 1.165) is 19.4 Å². The van der Waals surface area contributed by atoms with E-state index in [4.69, 9.17) is 13.9 Å². The Labute approximate surface area is 175 Å². The second-order valence-corrected chi connectivity index (χ2v) is 7.67. The molecule has 1 atom stereocenters. The van der Waals surface area contributed by atoms with Gasteiger partial charge >= 0.3 is 0 Å². The molecule has 1 saturated heterocycles. The van der Waals surface area contributed by atoms with Gasteiger partial charge in [0.2, 0.25) is 11.2 Å². The highest BCUT2D eigenvalue weighted by Gasteiger charge is 2.22. The van der Waals surface area contributed by atoms with Crippen molar-refractivity contribution in [3.8, 4) is 23.0 Å².